The van der Waals surface area contributed by atoms with Crippen molar-refractivity contribution in [2.45, 2.75) is 89.0 Å². The van der Waals surface area contributed by atoms with Crippen LogP contribution in [0.1, 0.15) is 54.4 Å². The maximum Gasteiger partial charge on any atom is 0.162 e. The number of carbonyl (C=O) groups excluding carboxylic acids is 2. The van der Waals surface area contributed by atoms with Crippen LogP contribution in [-0.4, -0.2) is 47.2 Å². The van der Waals surface area contributed by atoms with Gasteiger partial charge in [-0.2, -0.15) is 0 Å². The topological polar surface area (TPSA) is 71.7 Å². The minimum Gasteiger partial charge on any atom is -0.366 e. The molecule has 3 heterocycles. The summed E-state index contributed by atoms with van der Waals surface area (Å²) in [5, 5.41) is 0. The van der Waals surface area contributed by atoms with Crippen molar-refractivity contribution in [3.05, 3.63) is 12.2 Å². The number of hydrogen-bond acceptors (Lipinski definition) is 5. The van der Waals surface area contributed by atoms with Crippen LogP contribution in [0.25, 0.3) is 0 Å². The first-order valence-corrected chi connectivity index (χ1v) is 9.10. The van der Waals surface area contributed by atoms with Crippen molar-refractivity contribution in [1.82, 2.24) is 0 Å². The summed E-state index contributed by atoms with van der Waals surface area (Å²) in [5.74, 6) is 0. The molecule has 4 fully saturated rings. The zero-order chi connectivity index (χ0) is 18.5. The highest BCUT2D eigenvalue weighted by Crippen LogP contribution is 2.69. The van der Waals surface area contributed by atoms with Gasteiger partial charge in [-0.05, 0) is 26.7 Å². The van der Waals surface area contributed by atoms with Crippen molar-refractivity contribution in [3.8, 4) is 0 Å². The molecular weight excluding hydrogens is 320 g/mol. The second kappa shape index (κ2) is 4.44. The van der Waals surface area contributed by atoms with Crippen LogP contribution in [0.5, 0.6) is 0 Å². The van der Waals surface area contributed by atoms with Crippen molar-refractivity contribution in [2.75, 3.05) is 0 Å². The van der Waals surface area contributed by atoms with Crippen molar-refractivity contribution in [1.29, 1.82) is 0 Å². The van der Waals surface area contributed by atoms with E-state index in [4.69, 9.17) is 14.2 Å². The van der Waals surface area contributed by atoms with Gasteiger partial charge in [0.05, 0.1) is 6.10 Å². The first-order chi connectivity index (χ1) is 11.4. The van der Waals surface area contributed by atoms with Gasteiger partial charge in [-0.3, -0.25) is 9.59 Å². The molecule has 1 saturated carbocycles. The van der Waals surface area contributed by atoms with Crippen molar-refractivity contribution in [3.63, 3.8) is 0 Å². The van der Waals surface area contributed by atoms with Crippen molar-refractivity contribution in [2.24, 2.45) is 10.8 Å². The minimum absolute atomic E-state index is 0.0573. The maximum atomic E-state index is 11.1. The van der Waals surface area contributed by atoms with Gasteiger partial charge >= 0.3 is 0 Å². The van der Waals surface area contributed by atoms with Crippen LogP contribution in [-0.2, 0) is 23.8 Å². The molecule has 3 aliphatic heterocycles. The van der Waals surface area contributed by atoms with Crippen LogP contribution in [0, 0.1) is 10.8 Å². The van der Waals surface area contributed by atoms with E-state index in [1.54, 1.807) is 0 Å². The molecule has 5 aliphatic rings. The number of carbonyl (C=O) groups is 2. The Bertz CT molecular complexity index is 675. The Morgan fingerprint density at radius 3 is 2.08 bits per heavy atom. The van der Waals surface area contributed by atoms with Gasteiger partial charge in [0.2, 0.25) is 0 Å². The first kappa shape index (κ1) is 17.4. The molecule has 0 aromatic carbocycles. The lowest BCUT2D eigenvalue weighted by Gasteiger charge is -2.32. The van der Waals surface area contributed by atoms with Gasteiger partial charge in [0, 0.05) is 10.8 Å². The lowest BCUT2D eigenvalue weighted by atomic mass is 9.65. The summed E-state index contributed by atoms with van der Waals surface area (Å²) in [6.45, 7) is 12.3. The summed E-state index contributed by atoms with van der Waals surface area (Å²) in [6, 6.07) is 0. The molecule has 3 saturated heterocycles. The standard InChI is InChI=1S/C10H14O3.C10H14O2/c1-8(2)4-6-7(12-6)9(3)10(8,5-11)13-9;1-8(2)5-4-6-9(3)10(8,7-11)12-9/h5-7H,4H2,1-3H3;4,6-7H,5H2,1-3H3. The Kier molecular flexibility index (Phi) is 3.08. The third-order valence-electron chi connectivity index (χ3n) is 7.38. The number of ether oxygens (including phenoxy) is 3. The first-order valence-electron chi connectivity index (χ1n) is 9.10. The molecule has 5 rings (SSSR count). The number of epoxide rings is 3. The van der Waals surface area contributed by atoms with Crippen LogP contribution in [0.15, 0.2) is 12.2 Å². The van der Waals surface area contributed by atoms with Gasteiger partial charge in [-0.1, -0.05) is 39.8 Å². The molecule has 2 aliphatic carbocycles. The highest BCUT2D eigenvalue weighted by Gasteiger charge is 2.85. The smallest absolute Gasteiger partial charge is 0.162 e. The maximum absolute atomic E-state index is 11.1. The Morgan fingerprint density at radius 1 is 0.920 bits per heavy atom. The van der Waals surface area contributed by atoms with E-state index >= 15 is 0 Å². The van der Waals surface area contributed by atoms with Gasteiger partial charge in [0.1, 0.15) is 17.3 Å². The van der Waals surface area contributed by atoms with Gasteiger partial charge < -0.3 is 14.2 Å². The molecule has 0 amide bonds. The highest BCUT2D eigenvalue weighted by molar-refractivity contribution is 5.74. The number of fused-ring (bicyclic) bond motifs is 4. The fourth-order valence-electron chi connectivity index (χ4n) is 5.43. The zero-order valence-corrected chi connectivity index (χ0v) is 15.9. The number of rotatable bonds is 2. The quantitative estimate of drug-likeness (QED) is 0.436. The Labute approximate surface area is 149 Å². The highest BCUT2D eigenvalue weighted by atomic mass is 16.7. The third-order valence-corrected chi connectivity index (χ3v) is 7.38. The van der Waals surface area contributed by atoms with E-state index < -0.39 is 11.2 Å². The second-order valence-electron chi connectivity index (χ2n) is 9.80. The fraction of sp³-hybridized carbons (Fsp3) is 0.800. The van der Waals surface area contributed by atoms with Gasteiger partial charge in [0.25, 0.3) is 0 Å². The Balaban J connectivity index is 0.000000126. The predicted octanol–water partition coefficient (Wildman–Crippen LogP) is 2.61. The van der Waals surface area contributed by atoms with Crippen molar-refractivity contribution >= 4 is 12.6 Å². The number of hydrogen-bond donors (Lipinski definition) is 0. The lowest BCUT2D eigenvalue weighted by Crippen LogP contribution is -2.47. The third kappa shape index (κ3) is 1.84. The average Bonchev–Trinajstić information content (AvgIpc) is 3.39. The van der Waals surface area contributed by atoms with Crippen LogP contribution in [0.4, 0.5) is 0 Å². The Morgan fingerprint density at radius 2 is 1.56 bits per heavy atom. The summed E-state index contributed by atoms with van der Waals surface area (Å²) in [6.07, 6.45) is 8.41. The molecule has 138 valence electrons. The molecule has 5 nitrogen and oxygen atoms in total. The van der Waals surface area contributed by atoms with Crippen LogP contribution < -0.4 is 0 Å². The van der Waals surface area contributed by atoms with E-state index in [9.17, 15) is 9.59 Å². The second-order valence-corrected chi connectivity index (χ2v) is 9.80. The molecule has 0 aromatic rings. The average molecular weight is 348 g/mol. The fourth-order valence-corrected chi connectivity index (χ4v) is 5.43. The monoisotopic (exact) mass is 348 g/mol. The molecule has 0 radical (unpaired) electrons. The van der Waals surface area contributed by atoms with E-state index in [2.05, 4.69) is 33.8 Å². The molecule has 0 aromatic heterocycles. The number of aldehydes is 2. The van der Waals surface area contributed by atoms with E-state index in [0.29, 0.717) is 6.10 Å². The van der Waals surface area contributed by atoms with Crippen LogP contribution in [0.3, 0.4) is 0 Å². The molecule has 0 spiro atoms. The molecule has 0 bridgehead atoms. The SMILES string of the molecule is CC1(C)CC2OC2C2(C)OC12C=O.CC1(C)CC=CC2(C)OC12C=O. The normalized spacial score (nSPS) is 54.6. The zero-order valence-electron chi connectivity index (χ0n) is 15.9. The molecular formula is C20H28O5. The summed E-state index contributed by atoms with van der Waals surface area (Å²) in [4.78, 5) is 22.1. The van der Waals surface area contributed by atoms with Gasteiger partial charge in [-0.15, -0.1) is 0 Å². The Hall–Kier alpha value is -1.04. The summed E-state index contributed by atoms with van der Waals surface area (Å²) >= 11 is 0. The van der Waals surface area contributed by atoms with Crippen LogP contribution >= 0.6 is 0 Å². The summed E-state index contributed by atoms with van der Waals surface area (Å²) in [7, 11) is 0. The molecule has 5 heteroatoms. The largest absolute Gasteiger partial charge is 0.366 e. The summed E-state index contributed by atoms with van der Waals surface area (Å²) < 4.78 is 16.8. The van der Waals surface area contributed by atoms with Gasteiger partial charge in [-0.25, -0.2) is 0 Å². The molecule has 25 heavy (non-hydrogen) atoms. The lowest BCUT2D eigenvalue weighted by molar-refractivity contribution is -0.116. The van der Waals surface area contributed by atoms with E-state index in [1.807, 2.05) is 19.9 Å². The van der Waals surface area contributed by atoms with Gasteiger partial charge in [0.15, 0.2) is 23.8 Å². The van der Waals surface area contributed by atoms with E-state index in [1.165, 1.54) is 0 Å². The van der Waals surface area contributed by atoms with Crippen LogP contribution in [0.2, 0.25) is 0 Å². The molecule has 6 atom stereocenters. The minimum atomic E-state index is -0.572. The molecule has 0 N–H and O–H groups in total. The van der Waals surface area contributed by atoms with E-state index in [0.717, 1.165) is 25.4 Å². The summed E-state index contributed by atoms with van der Waals surface area (Å²) in [5.41, 5.74) is -1.91. The molecule has 6 unspecified atom stereocenters. The van der Waals surface area contributed by atoms with E-state index in [-0.39, 0.29) is 28.1 Å². The number of allylic oxidation sites excluding steroid dienone is 1. The van der Waals surface area contributed by atoms with Crippen molar-refractivity contribution < 1.29 is 23.8 Å². The predicted molar refractivity (Wildman–Crippen MR) is 91.2 cm³/mol.